The van der Waals surface area contributed by atoms with Crippen LogP contribution in [0, 0.1) is 0 Å². The highest BCUT2D eigenvalue weighted by molar-refractivity contribution is 6.10. The maximum Gasteiger partial charge on any atom is 0.145 e. The average Bonchev–Trinajstić information content (AvgIpc) is 3.45. The van der Waals surface area contributed by atoms with Crippen LogP contribution in [0.15, 0.2) is 127 Å². The van der Waals surface area contributed by atoms with Gasteiger partial charge in [0.2, 0.25) is 0 Å². The fourth-order valence-electron chi connectivity index (χ4n) is 5.02. The zero-order valence-electron chi connectivity index (χ0n) is 18.5. The van der Waals surface area contributed by atoms with E-state index < -0.39 is 0 Å². The van der Waals surface area contributed by atoms with E-state index in [9.17, 15) is 0 Å². The molecule has 0 spiro atoms. The van der Waals surface area contributed by atoms with Gasteiger partial charge in [-0.1, -0.05) is 78.9 Å². The van der Waals surface area contributed by atoms with Gasteiger partial charge in [-0.3, -0.25) is 4.57 Å². The normalized spacial score (nSPS) is 11.5. The van der Waals surface area contributed by atoms with Crippen molar-refractivity contribution in [2.75, 3.05) is 0 Å². The van der Waals surface area contributed by atoms with E-state index in [4.69, 9.17) is 4.98 Å². The van der Waals surface area contributed by atoms with E-state index in [0.717, 1.165) is 33.8 Å². The first-order chi connectivity index (χ1) is 16.9. The first kappa shape index (κ1) is 18.9. The molecule has 0 amide bonds. The summed E-state index contributed by atoms with van der Waals surface area (Å²) in [7, 11) is 0. The minimum absolute atomic E-state index is 0.944. The first-order valence-corrected chi connectivity index (χ1v) is 11.5. The monoisotopic (exact) mass is 435 g/mol. The predicted molar refractivity (Wildman–Crippen MR) is 141 cm³/mol. The molecule has 0 saturated carbocycles. The van der Waals surface area contributed by atoms with Crippen LogP contribution in [0.25, 0.3) is 55.6 Å². The summed E-state index contributed by atoms with van der Waals surface area (Å²) in [6, 6.07) is 44.7. The van der Waals surface area contributed by atoms with Gasteiger partial charge in [-0.25, -0.2) is 4.98 Å². The fourth-order valence-corrected chi connectivity index (χ4v) is 5.02. The van der Waals surface area contributed by atoms with Gasteiger partial charge in [0.05, 0.1) is 22.1 Å². The molecule has 0 bridgehead atoms. The highest BCUT2D eigenvalue weighted by Crippen LogP contribution is 2.36. The van der Waals surface area contributed by atoms with Crippen molar-refractivity contribution >= 4 is 32.8 Å². The fraction of sp³-hybridized carbons (Fsp3) is 0. The van der Waals surface area contributed by atoms with Gasteiger partial charge in [0.25, 0.3) is 0 Å². The molecule has 0 unspecified atom stereocenters. The molecule has 34 heavy (non-hydrogen) atoms. The molecule has 160 valence electrons. The number of rotatable bonds is 3. The van der Waals surface area contributed by atoms with Crippen LogP contribution in [-0.4, -0.2) is 14.1 Å². The van der Waals surface area contributed by atoms with E-state index in [1.54, 1.807) is 0 Å². The van der Waals surface area contributed by atoms with Gasteiger partial charge < -0.3 is 4.57 Å². The summed E-state index contributed by atoms with van der Waals surface area (Å²) in [6.45, 7) is 0. The lowest BCUT2D eigenvalue weighted by atomic mass is 10.1. The number of nitrogens with zero attached hydrogens (tertiary/aromatic N) is 3. The Morgan fingerprint density at radius 1 is 0.441 bits per heavy atom. The molecule has 0 aliphatic carbocycles. The molecule has 0 radical (unpaired) electrons. The summed E-state index contributed by atoms with van der Waals surface area (Å²) >= 11 is 0. The Bertz CT molecular complexity index is 1790. The molecule has 3 nitrogen and oxygen atoms in total. The van der Waals surface area contributed by atoms with Crippen molar-refractivity contribution in [1.29, 1.82) is 0 Å². The zero-order valence-corrected chi connectivity index (χ0v) is 18.5. The van der Waals surface area contributed by atoms with Crippen LogP contribution in [0.4, 0.5) is 0 Å². The van der Waals surface area contributed by atoms with E-state index in [2.05, 4.69) is 124 Å². The second kappa shape index (κ2) is 7.46. The molecule has 2 aromatic heterocycles. The van der Waals surface area contributed by atoms with Gasteiger partial charge in [0.1, 0.15) is 5.82 Å². The largest absolute Gasteiger partial charge is 0.309 e. The highest BCUT2D eigenvalue weighted by Gasteiger charge is 2.17. The minimum atomic E-state index is 0.944. The number of hydrogen-bond donors (Lipinski definition) is 0. The van der Waals surface area contributed by atoms with Crippen molar-refractivity contribution in [3.05, 3.63) is 127 Å². The molecule has 7 aromatic rings. The van der Waals surface area contributed by atoms with Crippen molar-refractivity contribution in [3.8, 4) is 22.8 Å². The molecule has 5 aromatic carbocycles. The van der Waals surface area contributed by atoms with Crippen LogP contribution in [-0.2, 0) is 0 Å². The van der Waals surface area contributed by atoms with Crippen molar-refractivity contribution in [3.63, 3.8) is 0 Å². The number of benzene rings is 5. The van der Waals surface area contributed by atoms with Gasteiger partial charge in [-0.15, -0.1) is 0 Å². The molecule has 0 aliphatic rings. The van der Waals surface area contributed by atoms with Crippen LogP contribution in [0.2, 0.25) is 0 Å². The molecular weight excluding hydrogens is 414 g/mol. The maximum absolute atomic E-state index is 5.08. The van der Waals surface area contributed by atoms with Crippen molar-refractivity contribution < 1.29 is 0 Å². The van der Waals surface area contributed by atoms with Gasteiger partial charge >= 0.3 is 0 Å². The third-order valence-corrected chi connectivity index (χ3v) is 6.52. The van der Waals surface area contributed by atoms with Crippen molar-refractivity contribution in [2.45, 2.75) is 0 Å². The first-order valence-electron chi connectivity index (χ1n) is 11.5. The lowest BCUT2D eigenvalue weighted by Crippen LogP contribution is -1.98. The zero-order chi connectivity index (χ0) is 22.5. The molecular formula is C31H21N3. The van der Waals surface area contributed by atoms with Crippen LogP contribution >= 0.6 is 0 Å². The Morgan fingerprint density at radius 3 is 1.79 bits per heavy atom. The molecule has 0 atom stereocenters. The number of hydrogen-bond acceptors (Lipinski definition) is 1. The summed E-state index contributed by atoms with van der Waals surface area (Å²) < 4.78 is 4.61. The third kappa shape index (κ3) is 2.81. The third-order valence-electron chi connectivity index (χ3n) is 6.52. The minimum Gasteiger partial charge on any atom is -0.309 e. The number of para-hydroxylation sites is 5. The molecule has 0 saturated heterocycles. The quantitative estimate of drug-likeness (QED) is 0.278. The maximum atomic E-state index is 5.08. The topological polar surface area (TPSA) is 22.8 Å². The summed E-state index contributed by atoms with van der Waals surface area (Å²) in [5.41, 5.74) is 7.83. The Hall–Kier alpha value is -4.63. The van der Waals surface area contributed by atoms with Crippen molar-refractivity contribution in [2.24, 2.45) is 0 Å². The summed E-state index contributed by atoms with van der Waals surface area (Å²) in [4.78, 5) is 5.08. The van der Waals surface area contributed by atoms with Crippen LogP contribution in [0.3, 0.4) is 0 Å². The molecule has 2 heterocycles. The summed E-state index contributed by atoms with van der Waals surface area (Å²) in [5.74, 6) is 0.944. The number of aromatic nitrogens is 3. The van der Waals surface area contributed by atoms with Gasteiger partial charge in [-0.2, -0.15) is 0 Å². The van der Waals surface area contributed by atoms with E-state index in [1.165, 1.54) is 21.8 Å². The second-order valence-corrected chi connectivity index (χ2v) is 8.52. The second-order valence-electron chi connectivity index (χ2n) is 8.52. The lowest BCUT2D eigenvalue weighted by molar-refractivity contribution is 1.10. The summed E-state index contributed by atoms with van der Waals surface area (Å²) in [5, 5.41) is 2.50. The predicted octanol–water partition coefficient (Wildman–Crippen LogP) is 7.79. The highest BCUT2D eigenvalue weighted by atomic mass is 15.1. The van der Waals surface area contributed by atoms with Gasteiger partial charge in [-0.05, 0) is 48.5 Å². The number of imidazole rings is 1. The number of fused-ring (bicyclic) bond motifs is 4. The van der Waals surface area contributed by atoms with E-state index in [1.807, 2.05) is 12.1 Å². The van der Waals surface area contributed by atoms with Crippen LogP contribution in [0.5, 0.6) is 0 Å². The average molecular weight is 436 g/mol. The molecule has 7 rings (SSSR count). The van der Waals surface area contributed by atoms with Crippen molar-refractivity contribution in [1.82, 2.24) is 14.1 Å². The molecule has 0 fully saturated rings. The van der Waals surface area contributed by atoms with Crippen LogP contribution in [0.1, 0.15) is 0 Å². The lowest BCUT2D eigenvalue weighted by Gasteiger charge is -2.11. The SMILES string of the molecule is c1ccc(-n2c(-c3ccc4c5ccccc5n(-c5ccccc5)c4c3)nc3ccccc32)cc1. The van der Waals surface area contributed by atoms with E-state index in [0.29, 0.717) is 0 Å². The van der Waals surface area contributed by atoms with E-state index in [-0.39, 0.29) is 0 Å². The Balaban J connectivity index is 1.56. The van der Waals surface area contributed by atoms with Crippen LogP contribution < -0.4 is 0 Å². The summed E-state index contributed by atoms with van der Waals surface area (Å²) in [6.07, 6.45) is 0. The Morgan fingerprint density at radius 2 is 1.03 bits per heavy atom. The molecule has 0 N–H and O–H groups in total. The van der Waals surface area contributed by atoms with Gasteiger partial charge in [0.15, 0.2) is 0 Å². The Labute approximate surface area is 197 Å². The Kier molecular flexibility index (Phi) is 4.15. The smallest absolute Gasteiger partial charge is 0.145 e. The standard InChI is InChI=1S/C31H21N3/c1-3-11-23(12-4-1)33-28-17-9-7-15-25(28)26-20-19-22(21-30(26)33)31-32-27-16-8-10-18-29(27)34(31)24-13-5-2-6-14-24/h1-21H. The molecule has 0 aliphatic heterocycles. The molecule has 3 heteroatoms. The van der Waals surface area contributed by atoms with Gasteiger partial charge in [0, 0.05) is 27.7 Å². The van der Waals surface area contributed by atoms with E-state index >= 15 is 0 Å².